The molecule has 1 amide bonds. The molecule has 2 rings (SSSR count). The van der Waals surface area contributed by atoms with Crippen LogP contribution in [0.2, 0.25) is 0 Å². The molecule has 0 aliphatic rings. The molecule has 0 fully saturated rings. The number of nitrogens with zero attached hydrogens (tertiary/aromatic N) is 1. The zero-order valence-corrected chi connectivity index (χ0v) is 13.1. The molecule has 0 aromatic carbocycles. The second kappa shape index (κ2) is 7.19. The number of aromatic carboxylic acids is 1. The van der Waals surface area contributed by atoms with Crippen molar-refractivity contribution in [3.63, 3.8) is 0 Å². The van der Waals surface area contributed by atoms with Crippen LogP contribution in [-0.2, 0) is 11.2 Å². The van der Waals surface area contributed by atoms with E-state index in [4.69, 9.17) is 9.52 Å². The molecule has 0 atom stereocenters. The van der Waals surface area contributed by atoms with Gasteiger partial charge in [-0.05, 0) is 34.1 Å². The number of hydrogen-bond acceptors (Lipinski definition) is 5. The van der Waals surface area contributed by atoms with Crippen LogP contribution in [0, 0.1) is 0 Å². The van der Waals surface area contributed by atoms with Gasteiger partial charge in [0.05, 0.1) is 5.01 Å². The molecular weight excluding hydrogens is 360 g/mol. The van der Waals surface area contributed by atoms with Crippen molar-refractivity contribution in [2.75, 3.05) is 6.54 Å². The summed E-state index contributed by atoms with van der Waals surface area (Å²) in [6.07, 6.45) is 3.42. The van der Waals surface area contributed by atoms with Gasteiger partial charge in [0.25, 0.3) is 0 Å². The molecule has 0 unspecified atom stereocenters. The Labute approximate surface area is 132 Å². The Kier molecular flexibility index (Phi) is 5.29. The number of aromatic nitrogens is 1. The molecular formula is C13H11BrN2O4S. The zero-order valence-electron chi connectivity index (χ0n) is 10.7. The lowest BCUT2D eigenvalue weighted by Gasteiger charge is -1.99. The maximum absolute atomic E-state index is 11.6. The van der Waals surface area contributed by atoms with Gasteiger partial charge < -0.3 is 14.8 Å². The number of amides is 1. The number of nitrogens with one attached hydrogen (secondary N) is 1. The van der Waals surface area contributed by atoms with Gasteiger partial charge in [-0.3, -0.25) is 4.79 Å². The number of furan rings is 1. The van der Waals surface area contributed by atoms with Gasteiger partial charge in [-0.15, -0.1) is 11.3 Å². The molecule has 0 aliphatic heterocycles. The quantitative estimate of drug-likeness (QED) is 0.762. The van der Waals surface area contributed by atoms with Crippen molar-refractivity contribution >= 4 is 45.2 Å². The minimum Gasteiger partial charge on any atom is -0.476 e. The van der Waals surface area contributed by atoms with Crippen LogP contribution in [0.25, 0.3) is 6.08 Å². The number of carboxylic acid groups (broad SMARTS) is 1. The van der Waals surface area contributed by atoms with Gasteiger partial charge in [0.1, 0.15) is 5.76 Å². The van der Waals surface area contributed by atoms with Crippen LogP contribution in [0.15, 0.2) is 32.7 Å². The fourth-order valence-electron chi connectivity index (χ4n) is 1.45. The van der Waals surface area contributed by atoms with E-state index < -0.39 is 5.97 Å². The third-order valence-electron chi connectivity index (χ3n) is 2.40. The Hall–Kier alpha value is -1.93. The van der Waals surface area contributed by atoms with Crippen molar-refractivity contribution in [2.24, 2.45) is 0 Å². The van der Waals surface area contributed by atoms with E-state index in [1.165, 1.54) is 22.8 Å². The van der Waals surface area contributed by atoms with Gasteiger partial charge in [-0.1, -0.05) is 0 Å². The summed E-state index contributed by atoms with van der Waals surface area (Å²) in [5.41, 5.74) is 0.0321. The summed E-state index contributed by atoms with van der Waals surface area (Å²) < 4.78 is 5.82. The van der Waals surface area contributed by atoms with Crippen molar-refractivity contribution < 1.29 is 19.1 Å². The molecule has 0 radical (unpaired) electrons. The van der Waals surface area contributed by atoms with E-state index in [0.717, 1.165) is 0 Å². The summed E-state index contributed by atoms with van der Waals surface area (Å²) in [6.45, 7) is 0.387. The standard InChI is InChI=1S/C13H11BrN2O4S/c14-10-3-1-8(20-10)2-4-11(17)15-6-5-12-16-9(7-21-12)13(18)19/h1-4,7H,5-6H2,(H,15,17)(H,18,19). The van der Waals surface area contributed by atoms with Gasteiger partial charge in [0.2, 0.25) is 5.91 Å². The van der Waals surface area contributed by atoms with Crippen LogP contribution in [0.3, 0.4) is 0 Å². The number of rotatable bonds is 6. The molecule has 6 nitrogen and oxygen atoms in total. The topological polar surface area (TPSA) is 92.4 Å². The van der Waals surface area contributed by atoms with Gasteiger partial charge in [-0.25, -0.2) is 9.78 Å². The number of hydrogen-bond donors (Lipinski definition) is 2. The van der Waals surface area contributed by atoms with Crippen LogP contribution in [0.5, 0.6) is 0 Å². The molecule has 2 N–H and O–H groups in total. The molecule has 8 heteroatoms. The van der Waals surface area contributed by atoms with E-state index >= 15 is 0 Å². The molecule has 0 bridgehead atoms. The molecule has 2 aromatic rings. The normalized spacial score (nSPS) is 10.9. The number of carbonyl (C=O) groups is 2. The lowest BCUT2D eigenvalue weighted by Crippen LogP contribution is -2.23. The summed E-state index contributed by atoms with van der Waals surface area (Å²) in [7, 11) is 0. The van der Waals surface area contributed by atoms with E-state index in [1.807, 2.05) is 0 Å². The number of carboxylic acids is 1. The number of thiazole rings is 1. The Balaban J connectivity index is 1.76. The van der Waals surface area contributed by atoms with E-state index in [2.05, 4.69) is 26.2 Å². The highest BCUT2D eigenvalue weighted by atomic mass is 79.9. The Morgan fingerprint density at radius 1 is 1.48 bits per heavy atom. The Morgan fingerprint density at radius 3 is 2.90 bits per heavy atom. The van der Waals surface area contributed by atoms with E-state index in [9.17, 15) is 9.59 Å². The van der Waals surface area contributed by atoms with Gasteiger partial charge in [0, 0.05) is 24.4 Å². The van der Waals surface area contributed by atoms with Crippen LogP contribution in [-0.4, -0.2) is 28.5 Å². The summed E-state index contributed by atoms with van der Waals surface area (Å²) in [5, 5.41) is 13.6. The molecule has 110 valence electrons. The van der Waals surface area contributed by atoms with Gasteiger partial charge in [-0.2, -0.15) is 0 Å². The largest absolute Gasteiger partial charge is 0.476 e. The van der Waals surface area contributed by atoms with Gasteiger partial charge in [0.15, 0.2) is 10.4 Å². The van der Waals surface area contributed by atoms with Crippen molar-refractivity contribution in [1.82, 2.24) is 10.3 Å². The van der Waals surface area contributed by atoms with E-state index in [1.54, 1.807) is 18.2 Å². The van der Waals surface area contributed by atoms with Crippen LogP contribution in [0.4, 0.5) is 0 Å². The summed E-state index contributed by atoms with van der Waals surface area (Å²) >= 11 is 4.43. The second-order valence-corrected chi connectivity index (χ2v) is 5.67. The van der Waals surface area contributed by atoms with Crippen molar-refractivity contribution in [2.45, 2.75) is 6.42 Å². The fraction of sp³-hybridized carbons (Fsp3) is 0.154. The van der Waals surface area contributed by atoms with Crippen LogP contribution in [0.1, 0.15) is 21.3 Å². The molecule has 0 aliphatic carbocycles. The third-order valence-corrected chi connectivity index (χ3v) is 3.74. The molecule has 2 aromatic heterocycles. The SMILES string of the molecule is O=C(C=Cc1ccc(Br)o1)NCCc1nc(C(=O)O)cs1. The van der Waals surface area contributed by atoms with E-state index in [0.29, 0.717) is 28.4 Å². The molecule has 21 heavy (non-hydrogen) atoms. The highest BCUT2D eigenvalue weighted by molar-refractivity contribution is 9.10. The van der Waals surface area contributed by atoms with Crippen molar-refractivity contribution in [3.05, 3.63) is 44.7 Å². The lowest BCUT2D eigenvalue weighted by atomic mass is 10.3. The fourth-order valence-corrected chi connectivity index (χ4v) is 2.54. The Morgan fingerprint density at radius 2 is 2.29 bits per heavy atom. The van der Waals surface area contributed by atoms with Crippen molar-refractivity contribution in [3.8, 4) is 0 Å². The van der Waals surface area contributed by atoms with Crippen LogP contribution >= 0.6 is 27.3 Å². The first-order chi connectivity index (χ1) is 10.0. The van der Waals surface area contributed by atoms with Gasteiger partial charge >= 0.3 is 5.97 Å². The minimum absolute atomic E-state index is 0.0321. The maximum Gasteiger partial charge on any atom is 0.355 e. The summed E-state index contributed by atoms with van der Waals surface area (Å²) in [6, 6.07) is 3.47. The van der Waals surface area contributed by atoms with Crippen molar-refractivity contribution in [1.29, 1.82) is 0 Å². The summed E-state index contributed by atoms with van der Waals surface area (Å²) in [5.74, 6) is -0.727. The molecule has 0 saturated heterocycles. The monoisotopic (exact) mass is 370 g/mol. The Bertz CT molecular complexity index is 677. The first-order valence-electron chi connectivity index (χ1n) is 5.93. The zero-order chi connectivity index (χ0) is 15.2. The van der Waals surface area contributed by atoms with E-state index in [-0.39, 0.29) is 11.6 Å². The average molecular weight is 371 g/mol. The molecule has 0 saturated carbocycles. The average Bonchev–Trinajstić information content (AvgIpc) is 3.05. The first-order valence-corrected chi connectivity index (χ1v) is 7.61. The first kappa shape index (κ1) is 15.5. The highest BCUT2D eigenvalue weighted by Gasteiger charge is 2.08. The van der Waals surface area contributed by atoms with Crippen LogP contribution < -0.4 is 5.32 Å². The predicted octanol–water partition coefficient (Wildman–Crippen LogP) is 2.57. The predicted molar refractivity (Wildman–Crippen MR) is 81.2 cm³/mol. The lowest BCUT2D eigenvalue weighted by molar-refractivity contribution is -0.116. The molecule has 2 heterocycles. The third kappa shape index (κ3) is 4.83. The summed E-state index contributed by atoms with van der Waals surface area (Å²) in [4.78, 5) is 26.2. The molecule has 0 spiro atoms. The number of halogens is 1. The smallest absolute Gasteiger partial charge is 0.355 e. The minimum atomic E-state index is -1.05. The highest BCUT2D eigenvalue weighted by Crippen LogP contribution is 2.15. The second-order valence-electron chi connectivity index (χ2n) is 3.95. The number of carbonyl (C=O) groups excluding carboxylic acids is 1. The maximum atomic E-state index is 11.6.